The second-order valence-electron chi connectivity index (χ2n) is 6.41. The molecule has 8 nitrogen and oxygen atoms in total. The van der Waals surface area contributed by atoms with E-state index in [-0.39, 0.29) is 28.7 Å². The molecule has 1 aliphatic carbocycles. The van der Waals surface area contributed by atoms with E-state index in [1.54, 1.807) is 0 Å². The zero-order valence-electron chi connectivity index (χ0n) is 15.0. The van der Waals surface area contributed by atoms with Gasteiger partial charge in [0.25, 0.3) is 11.8 Å². The van der Waals surface area contributed by atoms with Crippen molar-refractivity contribution in [2.45, 2.75) is 38.1 Å². The molecule has 0 spiro atoms. The summed E-state index contributed by atoms with van der Waals surface area (Å²) in [5, 5.41) is 12.3. The lowest BCUT2D eigenvalue weighted by molar-refractivity contribution is -0.142. The third-order valence-corrected chi connectivity index (χ3v) is 4.78. The topological polar surface area (TPSA) is 128 Å². The van der Waals surface area contributed by atoms with Crippen LogP contribution in [0.4, 0.5) is 0 Å². The normalized spacial score (nSPS) is 19.6. The van der Waals surface area contributed by atoms with Gasteiger partial charge in [0.05, 0.1) is 18.1 Å². The summed E-state index contributed by atoms with van der Waals surface area (Å²) in [7, 11) is 1.37. The predicted molar refractivity (Wildman–Crippen MR) is 98.2 cm³/mol. The van der Waals surface area contributed by atoms with Crippen molar-refractivity contribution < 1.29 is 29.0 Å². The molecule has 2 atom stereocenters. The number of nitrogens with one attached hydrogen (secondary N) is 1. The van der Waals surface area contributed by atoms with E-state index in [9.17, 15) is 19.5 Å². The molecule has 148 valence electrons. The first-order valence-electron chi connectivity index (χ1n) is 8.65. The number of hydrogen-bond donors (Lipinski definition) is 3. The molecule has 0 aliphatic heterocycles. The van der Waals surface area contributed by atoms with Gasteiger partial charge < -0.3 is 25.6 Å². The third kappa shape index (κ3) is 5.50. The van der Waals surface area contributed by atoms with Gasteiger partial charge in [0.1, 0.15) is 0 Å². The molecule has 0 aromatic heterocycles. The van der Waals surface area contributed by atoms with Crippen molar-refractivity contribution in [2.24, 2.45) is 11.7 Å². The van der Waals surface area contributed by atoms with Gasteiger partial charge in [-0.3, -0.25) is 14.4 Å². The van der Waals surface area contributed by atoms with E-state index in [4.69, 9.17) is 26.8 Å². The standard InChI is InChI=1S/C18H23ClN2O6/c1-26-14-8-10(7-12(19)16(14)27-9-15(20)22)17(23)21-13-6-4-2-3-5-11(13)18(24)25/h7-8,11,13H,2-6,9H2,1H3,(H2,20,22)(H,21,23)(H,24,25)/t11-,13+/m1/s1. The zero-order chi connectivity index (χ0) is 20.0. The van der Waals surface area contributed by atoms with Crippen molar-refractivity contribution in [1.29, 1.82) is 0 Å². The van der Waals surface area contributed by atoms with Gasteiger partial charge >= 0.3 is 5.97 Å². The van der Waals surface area contributed by atoms with E-state index < -0.39 is 29.7 Å². The number of hydrogen-bond acceptors (Lipinski definition) is 5. The molecule has 1 fully saturated rings. The molecule has 4 N–H and O–H groups in total. The molecule has 9 heteroatoms. The Morgan fingerprint density at radius 3 is 2.59 bits per heavy atom. The minimum absolute atomic E-state index is 0.0800. The summed E-state index contributed by atoms with van der Waals surface area (Å²) in [4.78, 5) is 35.1. The molecule has 1 aromatic rings. The monoisotopic (exact) mass is 398 g/mol. The number of carboxylic acids is 1. The number of primary amides is 1. The molecular weight excluding hydrogens is 376 g/mol. The highest BCUT2D eigenvalue weighted by Gasteiger charge is 2.31. The first-order valence-corrected chi connectivity index (χ1v) is 9.03. The van der Waals surface area contributed by atoms with E-state index >= 15 is 0 Å². The quantitative estimate of drug-likeness (QED) is 0.602. The molecule has 2 rings (SSSR count). The number of carboxylic acid groups (broad SMARTS) is 1. The predicted octanol–water partition coefficient (Wildman–Crippen LogP) is 1.98. The molecule has 0 heterocycles. The lowest BCUT2D eigenvalue weighted by Gasteiger charge is -2.23. The maximum Gasteiger partial charge on any atom is 0.308 e. The Bertz CT molecular complexity index is 724. The number of nitrogens with two attached hydrogens (primary N) is 1. The van der Waals surface area contributed by atoms with Crippen LogP contribution in [-0.4, -0.2) is 42.6 Å². The van der Waals surface area contributed by atoms with Gasteiger partial charge in [-0.05, 0) is 25.0 Å². The molecule has 0 saturated heterocycles. The van der Waals surface area contributed by atoms with Crippen molar-refractivity contribution in [3.05, 3.63) is 22.7 Å². The summed E-state index contributed by atoms with van der Waals surface area (Å²) >= 11 is 6.16. The van der Waals surface area contributed by atoms with Crippen LogP contribution in [0.25, 0.3) is 0 Å². The van der Waals surface area contributed by atoms with Crippen LogP contribution in [0.5, 0.6) is 11.5 Å². The van der Waals surface area contributed by atoms with Crippen LogP contribution in [0, 0.1) is 5.92 Å². The molecule has 0 bridgehead atoms. The van der Waals surface area contributed by atoms with Crippen LogP contribution < -0.4 is 20.5 Å². The molecular formula is C18H23ClN2O6. The largest absolute Gasteiger partial charge is 0.493 e. The Morgan fingerprint density at radius 2 is 1.96 bits per heavy atom. The van der Waals surface area contributed by atoms with Crippen LogP contribution in [0.2, 0.25) is 5.02 Å². The molecule has 2 amide bonds. The number of amides is 2. The molecule has 1 aliphatic rings. The van der Waals surface area contributed by atoms with E-state index in [0.29, 0.717) is 12.8 Å². The van der Waals surface area contributed by atoms with Gasteiger partial charge in [-0.1, -0.05) is 30.9 Å². The van der Waals surface area contributed by atoms with Crippen molar-refractivity contribution in [3.63, 3.8) is 0 Å². The van der Waals surface area contributed by atoms with Crippen LogP contribution in [0.3, 0.4) is 0 Å². The number of ether oxygens (including phenoxy) is 2. The van der Waals surface area contributed by atoms with Crippen LogP contribution in [-0.2, 0) is 9.59 Å². The minimum atomic E-state index is -0.909. The summed E-state index contributed by atoms with van der Waals surface area (Å²) in [6, 6.07) is 2.35. The highest BCUT2D eigenvalue weighted by molar-refractivity contribution is 6.32. The number of methoxy groups -OCH3 is 1. The summed E-state index contributed by atoms with van der Waals surface area (Å²) in [5.74, 6) is -2.38. The lowest BCUT2D eigenvalue weighted by atomic mass is 9.94. The Labute approximate surface area is 162 Å². The Balaban J connectivity index is 2.21. The van der Waals surface area contributed by atoms with Crippen LogP contribution in [0.1, 0.15) is 42.5 Å². The number of aliphatic carboxylic acids is 1. The van der Waals surface area contributed by atoms with Gasteiger partial charge in [-0.2, -0.15) is 0 Å². The fraction of sp³-hybridized carbons (Fsp3) is 0.500. The van der Waals surface area contributed by atoms with E-state index in [1.807, 2.05) is 0 Å². The van der Waals surface area contributed by atoms with Gasteiger partial charge in [0.15, 0.2) is 18.1 Å². The number of rotatable bonds is 7. The highest BCUT2D eigenvalue weighted by Crippen LogP contribution is 2.36. The van der Waals surface area contributed by atoms with Crippen molar-refractivity contribution in [1.82, 2.24) is 5.32 Å². The average Bonchev–Trinajstić information content (AvgIpc) is 2.85. The number of halogens is 1. The smallest absolute Gasteiger partial charge is 0.308 e. The summed E-state index contributed by atoms with van der Waals surface area (Å²) in [6.45, 7) is -0.385. The van der Waals surface area contributed by atoms with Crippen LogP contribution >= 0.6 is 11.6 Å². The number of benzene rings is 1. The minimum Gasteiger partial charge on any atom is -0.493 e. The second kappa shape index (κ2) is 9.45. The van der Waals surface area contributed by atoms with E-state index in [1.165, 1.54) is 19.2 Å². The number of carbonyl (C=O) groups is 3. The summed E-state index contributed by atoms with van der Waals surface area (Å²) in [6.07, 6.45) is 3.77. The van der Waals surface area contributed by atoms with Crippen molar-refractivity contribution in [3.8, 4) is 11.5 Å². The maximum atomic E-state index is 12.7. The van der Waals surface area contributed by atoms with E-state index in [2.05, 4.69) is 5.32 Å². The molecule has 0 radical (unpaired) electrons. The average molecular weight is 399 g/mol. The maximum absolute atomic E-state index is 12.7. The fourth-order valence-corrected chi connectivity index (χ4v) is 3.43. The fourth-order valence-electron chi connectivity index (χ4n) is 3.16. The van der Waals surface area contributed by atoms with Gasteiger partial charge in [0, 0.05) is 11.6 Å². The van der Waals surface area contributed by atoms with E-state index in [0.717, 1.165) is 19.3 Å². The summed E-state index contributed by atoms with van der Waals surface area (Å²) < 4.78 is 10.4. The summed E-state index contributed by atoms with van der Waals surface area (Å²) in [5.41, 5.74) is 5.26. The Kier molecular flexibility index (Phi) is 7.29. The number of carbonyl (C=O) groups excluding carboxylic acids is 2. The SMILES string of the molecule is COc1cc(C(=O)N[C@H]2CCCCC[C@H]2C(=O)O)cc(Cl)c1OCC(N)=O. The first-order chi connectivity index (χ1) is 12.8. The molecule has 27 heavy (non-hydrogen) atoms. The van der Waals surface area contributed by atoms with Gasteiger partial charge in [-0.25, -0.2) is 0 Å². The molecule has 1 saturated carbocycles. The van der Waals surface area contributed by atoms with Crippen molar-refractivity contribution in [2.75, 3.05) is 13.7 Å². The Morgan fingerprint density at radius 1 is 1.26 bits per heavy atom. The second-order valence-corrected chi connectivity index (χ2v) is 6.81. The lowest BCUT2D eigenvalue weighted by Crippen LogP contribution is -2.42. The highest BCUT2D eigenvalue weighted by atomic mass is 35.5. The molecule has 0 unspecified atom stereocenters. The van der Waals surface area contributed by atoms with Crippen LogP contribution in [0.15, 0.2) is 12.1 Å². The first kappa shape index (κ1) is 20.8. The Hall–Kier alpha value is -2.48. The van der Waals surface area contributed by atoms with Gasteiger partial charge in [-0.15, -0.1) is 0 Å². The van der Waals surface area contributed by atoms with Crippen molar-refractivity contribution >= 4 is 29.4 Å². The molecule has 1 aromatic carbocycles. The van der Waals surface area contributed by atoms with Gasteiger partial charge in [0.2, 0.25) is 0 Å². The third-order valence-electron chi connectivity index (χ3n) is 4.50. The zero-order valence-corrected chi connectivity index (χ0v) is 15.8.